The van der Waals surface area contributed by atoms with E-state index in [4.69, 9.17) is 23.2 Å². The van der Waals surface area contributed by atoms with Gasteiger partial charge < -0.3 is 0 Å². The second kappa shape index (κ2) is 6.10. The molecule has 122 valence electrons. The number of alkyl halides is 1. The van der Waals surface area contributed by atoms with Gasteiger partial charge in [0, 0.05) is 21.2 Å². The van der Waals surface area contributed by atoms with Crippen LogP contribution in [0.5, 0.6) is 0 Å². The largest absolute Gasteiger partial charge is 0.272 e. The number of halogens is 2. The van der Waals surface area contributed by atoms with E-state index in [2.05, 4.69) is 11.2 Å². The highest BCUT2D eigenvalue weighted by Gasteiger charge is 2.44. The molecule has 2 heterocycles. The Kier molecular flexibility index (Phi) is 4.07. The highest BCUT2D eigenvalue weighted by Crippen LogP contribution is 2.42. The van der Waals surface area contributed by atoms with Crippen LogP contribution in [-0.2, 0) is 4.79 Å². The fourth-order valence-corrected chi connectivity index (χ4v) is 4.79. The molecule has 2 aromatic carbocycles. The number of hydrazone groups is 1. The van der Waals surface area contributed by atoms with Crippen molar-refractivity contribution in [2.45, 2.75) is 22.6 Å². The van der Waals surface area contributed by atoms with Gasteiger partial charge in [-0.2, -0.15) is 5.10 Å². The summed E-state index contributed by atoms with van der Waals surface area (Å²) >= 11 is 14.6. The smallest absolute Gasteiger partial charge is 0.249 e. The zero-order valence-electron chi connectivity index (χ0n) is 12.7. The molecule has 2 aliphatic heterocycles. The Bertz CT molecular complexity index is 837. The SMILES string of the molecule is O=C1CC2(Cl)CCSc3ccccc3C2=NN1c1ccc(Cl)cc1. The zero-order valence-corrected chi connectivity index (χ0v) is 15.0. The Hall–Kier alpha value is -1.49. The van der Waals surface area contributed by atoms with Gasteiger partial charge in [-0.3, -0.25) is 4.79 Å². The number of hydrogen-bond acceptors (Lipinski definition) is 3. The number of benzene rings is 2. The van der Waals surface area contributed by atoms with E-state index in [1.54, 1.807) is 36.0 Å². The van der Waals surface area contributed by atoms with Crippen LogP contribution in [-0.4, -0.2) is 22.2 Å². The Morgan fingerprint density at radius 1 is 1.12 bits per heavy atom. The number of rotatable bonds is 1. The molecule has 0 bridgehead atoms. The van der Waals surface area contributed by atoms with E-state index in [0.29, 0.717) is 17.1 Å². The van der Waals surface area contributed by atoms with Gasteiger partial charge in [-0.05, 0) is 36.8 Å². The number of amides is 1. The summed E-state index contributed by atoms with van der Waals surface area (Å²) in [6.07, 6.45) is 0.956. The van der Waals surface area contributed by atoms with Gasteiger partial charge in [-0.1, -0.05) is 29.8 Å². The van der Waals surface area contributed by atoms with Crippen LogP contribution in [0.2, 0.25) is 5.02 Å². The molecule has 0 N–H and O–H groups in total. The average Bonchev–Trinajstić information content (AvgIpc) is 2.70. The molecule has 1 unspecified atom stereocenters. The third-order valence-corrected chi connectivity index (χ3v) is 6.09. The van der Waals surface area contributed by atoms with Crippen molar-refractivity contribution in [2.24, 2.45) is 5.10 Å². The molecule has 2 aromatic rings. The van der Waals surface area contributed by atoms with Crippen LogP contribution in [0.15, 0.2) is 58.5 Å². The topological polar surface area (TPSA) is 32.7 Å². The maximum atomic E-state index is 12.7. The van der Waals surface area contributed by atoms with Gasteiger partial charge in [0.2, 0.25) is 5.91 Å². The van der Waals surface area contributed by atoms with Gasteiger partial charge in [0.05, 0.1) is 22.7 Å². The summed E-state index contributed by atoms with van der Waals surface area (Å²) in [6, 6.07) is 15.2. The highest BCUT2D eigenvalue weighted by molar-refractivity contribution is 7.99. The minimum Gasteiger partial charge on any atom is -0.272 e. The number of carbonyl (C=O) groups excluding carboxylic acids is 1. The van der Waals surface area contributed by atoms with Crippen LogP contribution in [0.1, 0.15) is 18.4 Å². The van der Waals surface area contributed by atoms with Crippen molar-refractivity contribution in [3.63, 3.8) is 0 Å². The lowest BCUT2D eigenvalue weighted by molar-refractivity contribution is -0.119. The molecule has 1 amide bonds. The van der Waals surface area contributed by atoms with Crippen molar-refractivity contribution < 1.29 is 4.79 Å². The fraction of sp³-hybridized carbons (Fsp3) is 0.222. The second-order valence-corrected chi connectivity index (χ2v) is 8.16. The Balaban J connectivity index is 1.86. The summed E-state index contributed by atoms with van der Waals surface area (Å²) in [5.41, 5.74) is 2.49. The monoisotopic (exact) mass is 376 g/mol. The lowest BCUT2D eigenvalue weighted by atomic mass is 9.89. The van der Waals surface area contributed by atoms with Crippen molar-refractivity contribution in [1.82, 2.24) is 0 Å². The molecule has 0 saturated heterocycles. The Labute approximate surface area is 154 Å². The summed E-state index contributed by atoms with van der Waals surface area (Å²) in [7, 11) is 0. The lowest BCUT2D eigenvalue weighted by Crippen LogP contribution is -2.46. The summed E-state index contributed by atoms with van der Waals surface area (Å²) in [5.74, 6) is 0.772. The third-order valence-electron chi connectivity index (χ3n) is 4.26. The van der Waals surface area contributed by atoms with E-state index in [-0.39, 0.29) is 12.3 Å². The molecule has 0 saturated carbocycles. The number of nitrogens with zero attached hydrogens (tertiary/aromatic N) is 2. The van der Waals surface area contributed by atoms with Gasteiger partial charge in [0.25, 0.3) is 0 Å². The minimum atomic E-state index is -0.736. The average molecular weight is 377 g/mol. The standard InChI is InChI=1S/C18H14Cl2N2OS/c19-12-5-7-13(8-6-12)22-16(23)11-18(20)9-10-24-15-4-2-1-3-14(15)17(18)21-22/h1-8H,9-11H2. The highest BCUT2D eigenvalue weighted by atomic mass is 35.5. The first-order chi connectivity index (χ1) is 11.6. The molecule has 2 aliphatic rings. The molecule has 4 rings (SSSR count). The molecule has 24 heavy (non-hydrogen) atoms. The van der Waals surface area contributed by atoms with Crippen LogP contribution in [0, 0.1) is 0 Å². The number of carbonyl (C=O) groups is 1. The number of anilines is 1. The molecular weight excluding hydrogens is 363 g/mol. The molecule has 0 radical (unpaired) electrons. The fourth-order valence-electron chi connectivity index (χ4n) is 3.04. The molecule has 1 atom stereocenters. The van der Waals surface area contributed by atoms with Crippen LogP contribution < -0.4 is 5.01 Å². The minimum absolute atomic E-state index is 0.0968. The van der Waals surface area contributed by atoms with Gasteiger partial charge >= 0.3 is 0 Å². The molecular formula is C18H14Cl2N2OS. The van der Waals surface area contributed by atoms with E-state index >= 15 is 0 Å². The number of hydrogen-bond donors (Lipinski definition) is 0. The first-order valence-electron chi connectivity index (χ1n) is 7.66. The Morgan fingerprint density at radius 3 is 2.67 bits per heavy atom. The maximum absolute atomic E-state index is 12.7. The van der Waals surface area contributed by atoms with Crippen molar-refractivity contribution >= 4 is 52.3 Å². The van der Waals surface area contributed by atoms with E-state index in [9.17, 15) is 4.79 Å². The van der Waals surface area contributed by atoms with Crippen molar-refractivity contribution in [1.29, 1.82) is 0 Å². The first kappa shape index (κ1) is 16.0. The predicted molar refractivity (Wildman–Crippen MR) is 100 cm³/mol. The van der Waals surface area contributed by atoms with Crippen molar-refractivity contribution in [3.8, 4) is 0 Å². The quantitative estimate of drug-likeness (QED) is 0.659. The van der Waals surface area contributed by atoms with Gasteiger partial charge in [-0.15, -0.1) is 23.4 Å². The number of fused-ring (bicyclic) bond motifs is 3. The van der Waals surface area contributed by atoms with Crippen LogP contribution in [0.3, 0.4) is 0 Å². The summed E-state index contributed by atoms with van der Waals surface area (Å²) in [6.45, 7) is 0. The molecule has 0 fully saturated rings. The molecule has 0 aromatic heterocycles. The van der Waals surface area contributed by atoms with Gasteiger partial charge in [0.15, 0.2) is 0 Å². The van der Waals surface area contributed by atoms with Crippen LogP contribution >= 0.6 is 35.0 Å². The van der Waals surface area contributed by atoms with E-state index in [1.807, 2.05) is 18.2 Å². The molecule has 6 heteroatoms. The van der Waals surface area contributed by atoms with Crippen molar-refractivity contribution in [2.75, 3.05) is 10.8 Å². The summed E-state index contributed by atoms with van der Waals surface area (Å²) in [5, 5.41) is 6.74. The van der Waals surface area contributed by atoms with E-state index < -0.39 is 4.87 Å². The molecule has 0 spiro atoms. The molecule has 0 aliphatic carbocycles. The summed E-state index contributed by atoms with van der Waals surface area (Å²) < 4.78 is 0. The number of thioether (sulfide) groups is 1. The van der Waals surface area contributed by atoms with Crippen LogP contribution in [0.25, 0.3) is 0 Å². The van der Waals surface area contributed by atoms with E-state index in [1.165, 1.54) is 5.01 Å². The lowest BCUT2D eigenvalue weighted by Gasteiger charge is -2.34. The second-order valence-electron chi connectivity index (χ2n) is 5.87. The van der Waals surface area contributed by atoms with E-state index in [0.717, 1.165) is 21.9 Å². The Morgan fingerprint density at radius 2 is 1.88 bits per heavy atom. The molecule has 3 nitrogen and oxygen atoms in total. The van der Waals surface area contributed by atoms with Gasteiger partial charge in [-0.25, -0.2) is 5.01 Å². The maximum Gasteiger partial charge on any atom is 0.249 e. The first-order valence-corrected chi connectivity index (χ1v) is 9.40. The summed E-state index contributed by atoms with van der Waals surface area (Å²) in [4.78, 5) is 13.1. The van der Waals surface area contributed by atoms with Crippen molar-refractivity contribution in [3.05, 3.63) is 59.1 Å². The van der Waals surface area contributed by atoms with Crippen LogP contribution in [0.4, 0.5) is 5.69 Å². The van der Waals surface area contributed by atoms with Gasteiger partial charge in [0.1, 0.15) is 0 Å². The predicted octanol–water partition coefficient (Wildman–Crippen LogP) is 4.95. The zero-order chi connectivity index (χ0) is 16.7. The third kappa shape index (κ3) is 2.73. The normalized spacial score (nSPS) is 23.2.